The first-order valence-electron chi connectivity index (χ1n) is 6.63. The summed E-state index contributed by atoms with van der Waals surface area (Å²) in [6, 6.07) is 4.05. The molecule has 0 saturated heterocycles. The first kappa shape index (κ1) is 15.6. The number of halogens is 3. The number of nitrogens with zero attached hydrogens (tertiary/aromatic N) is 1. The van der Waals surface area contributed by atoms with E-state index in [1.165, 1.54) is 17.0 Å². The van der Waals surface area contributed by atoms with Crippen molar-refractivity contribution in [3.05, 3.63) is 29.8 Å². The lowest BCUT2D eigenvalue weighted by Crippen LogP contribution is -2.41. The molecule has 1 saturated carbocycles. The maximum Gasteiger partial charge on any atom is 0.416 e. The topological polar surface area (TPSA) is 52.6 Å². The Hall–Kier alpha value is -1.76. The summed E-state index contributed by atoms with van der Waals surface area (Å²) in [7, 11) is 1.58. The van der Waals surface area contributed by atoms with Gasteiger partial charge in [-0.15, -0.1) is 0 Å². The van der Waals surface area contributed by atoms with E-state index in [0.717, 1.165) is 12.1 Å². The summed E-state index contributed by atoms with van der Waals surface area (Å²) in [6.45, 7) is 0.474. The molecule has 1 aliphatic rings. The van der Waals surface area contributed by atoms with Gasteiger partial charge in [-0.3, -0.25) is 0 Å². The minimum atomic E-state index is -4.44. The number of nitrogens with one attached hydrogen (secondary N) is 1. The molecule has 1 fully saturated rings. The molecule has 1 aromatic carbocycles. The van der Waals surface area contributed by atoms with E-state index in [1.807, 2.05) is 0 Å². The molecule has 1 aliphatic carbocycles. The number of benzene rings is 1. The van der Waals surface area contributed by atoms with Crippen LogP contribution in [-0.4, -0.2) is 35.7 Å². The molecular formula is C14H17F3N2O2. The van der Waals surface area contributed by atoms with E-state index in [9.17, 15) is 23.1 Å². The molecule has 0 heterocycles. The summed E-state index contributed by atoms with van der Waals surface area (Å²) in [4.78, 5) is 13.3. The van der Waals surface area contributed by atoms with Crippen molar-refractivity contribution in [2.75, 3.05) is 18.9 Å². The third-order valence-electron chi connectivity index (χ3n) is 3.53. The van der Waals surface area contributed by atoms with Crippen molar-refractivity contribution in [3.8, 4) is 0 Å². The second-order valence-corrected chi connectivity index (χ2v) is 5.38. The van der Waals surface area contributed by atoms with Crippen LogP contribution in [0.4, 0.5) is 23.7 Å². The number of carbonyl (C=O) groups is 1. The number of urea groups is 1. The standard InChI is InChI=1S/C14H17F3N2O2/c1-19(8-9-5-12(20)6-9)13(21)18-11-4-2-3-10(7-11)14(15,16)17/h2-4,7,9,12,20H,5-6,8H2,1H3,(H,18,21). The third-order valence-corrected chi connectivity index (χ3v) is 3.53. The van der Waals surface area contributed by atoms with Crippen molar-refractivity contribution in [3.63, 3.8) is 0 Å². The highest BCUT2D eigenvalue weighted by Gasteiger charge is 2.31. The van der Waals surface area contributed by atoms with Crippen LogP contribution in [0.5, 0.6) is 0 Å². The zero-order valence-corrected chi connectivity index (χ0v) is 11.5. The molecule has 2 amide bonds. The van der Waals surface area contributed by atoms with Crippen LogP contribution in [0, 0.1) is 5.92 Å². The zero-order chi connectivity index (χ0) is 15.6. The van der Waals surface area contributed by atoms with Crippen molar-refractivity contribution < 1.29 is 23.1 Å². The van der Waals surface area contributed by atoms with Crippen LogP contribution in [0.3, 0.4) is 0 Å². The van der Waals surface area contributed by atoms with Gasteiger partial charge in [0.2, 0.25) is 0 Å². The van der Waals surface area contributed by atoms with E-state index in [2.05, 4.69) is 5.32 Å². The Labute approximate surface area is 120 Å². The van der Waals surface area contributed by atoms with Crippen LogP contribution in [0.25, 0.3) is 0 Å². The van der Waals surface area contributed by atoms with Crippen LogP contribution in [0.2, 0.25) is 0 Å². The van der Waals surface area contributed by atoms with Crippen molar-refractivity contribution in [2.45, 2.75) is 25.1 Å². The van der Waals surface area contributed by atoms with E-state index in [0.29, 0.717) is 19.4 Å². The largest absolute Gasteiger partial charge is 0.416 e. The summed E-state index contributed by atoms with van der Waals surface area (Å²) < 4.78 is 37.7. The van der Waals surface area contributed by atoms with Crippen LogP contribution in [0.15, 0.2) is 24.3 Å². The summed E-state index contributed by atoms with van der Waals surface area (Å²) in [5.74, 6) is 0.247. The lowest BCUT2D eigenvalue weighted by Gasteiger charge is -2.34. The first-order chi connectivity index (χ1) is 9.75. The number of alkyl halides is 3. The van der Waals surface area contributed by atoms with Gasteiger partial charge in [-0.1, -0.05) is 6.07 Å². The van der Waals surface area contributed by atoms with Gasteiger partial charge in [-0.25, -0.2) is 4.79 Å². The van der Waals surface area contributed by atoms with Gasteiger partial charge in [0, 0.05) is 19.3 Å². The molecule has 0 aliphatic heterocycles. The average molecular weight is 302 g/mol. The zero-order valence-electron chi connectivity index (χ0n) is 11.5. The van der Waals surface area contributed by atoms with Crippen LogP contribution in [0.1, 0.15) is 18.4 Å². The number of hydrogen-bond acceptors (Lipinski definition) is 2. The molecule has 0 spiro atoms. The van der Waals surface area contributed by atoms with Crippen molar-refractivity contribution in [1.29, 1.82) is 0 Å². The highest BCUT2D eigenvalue weighted by molar-refractivity contribution is 5.89. The molecule has 2 N–H and O–H groups in total. The van der Waals surface area contributed by atoms with Gasteiger partial charge in [-0.05, 0) is 37.0 Å². The number of carbonyl (C=O) groups excluding carboxylic acids is 1. The summed E-state index contributed by atoms with van der Waals surface area (Å²) in [5, 5.41) is 11.6. The molecule has 0 unspecified atom stereocenters. The molecule has 116 valence electrons. The summed E-state index contributed by atoms with van der Waals surface area (Å²) in [5.41, 5.74) is -0.694. The fourth-order valence-corrected chi connectivity index (χ4v) is 2.31. The maximum atomic E-state index is 12.6. The minimum Gasteiger partial charge on any atom is -0.393 e. The van der Waals surface area contributed by atoms with Gasteiger partial charge in [0.15, 0.2) is 0 Å². The van der Waals surface area contributed by atoms with Crippen LogP contribution >= 0.6 is 0 Å². The van der Waals surface area contributed by atoms with Gasteiger partial charge in [0.25, 0.3) is 0 Å². The number of rotatable bonds is 3. The number of aliphatic hydroxyl groups excluding tert-OH is 1. The quantitative estimate of drug-likeness (QED) is 0.902. The number of amides is 2. The highest BCUT2D eigenvalue weighted by atomic mass is 19.4. The number of anilines is 1. The first-order valence-corrected chi connectivity index (χ1v) is 6.63. The molecule has 0 aromatic heterocycles. The predicted octanol–water partition coefficient (Wildman–Crippen LogP) is 2.94. The fourth-order valence-electron chi connectivity index (χ4n) is 2.31. The lowest BCUT2D eigenvalue weighted by molar-refractivity contribution is -0.137. The maximum absolute atomic E-state index is 12.6. The second kappa shape index (κ2) is 5.93. The van der Waals surface area contributed by atoms with E-state index >= 15 is 0 Å². The van der Waals surface area contributed by atoms with Crippen LogP contribution < -0.4 is 5.32 Å². The Morgan fingerprint density at radius 3 is 2.67 bits per heavy atom. The van der Waals surface area contributed by atoms with Crippen molar-refractivity contribution in [2.24, 2.45) is 5.92 Å². The van der Waals surface area contributed by atoms with Gasteiger partial charge >= 0.3 is 12.2 Å². The monoisotopic (exact) mass is 302 g/mol. The Bertz CT molecular complexity index is 513. The molecule has 0 bridgehead atoms. The molecule has 0 atom stereocenters. The Morgan fingerprint density at radius 1 is 1.43 bits per heavy atom. The molecule has 7 heteroatoms. The van der Waals surface area contributed by atoms with Gasteiger partial charge in [0.1, 0.15) is 0 Å². The Balaban J connectivity index is 1.93. The second-order valence-electron chi connectivity index (χ2n) is 5.38. The minimum absolute atomic E-state index is 0.107. The van der Waals surface area contributed by atoms with E-state index < -0.39 is 17.8 Å². The summed E-state index contributed by atoms with van der Waals surface area (Å²) in [6.07, 6.45) is -3.42. The average Bonchev–Trinajstić information content (AvgIpc) is 2.36. The Morgan fingerprint density at radius 2 is 2.10 bits per heavy atom. The van der Waals surface area contributed by atoms with Gasteiger partial charge in [-0.2, -0.15) is 13.2 Å². The highest BCUT2D eigenvalue weighted by Crippen LogP contribution is 2.31. The fraction of sp³-hybridized carbons (Fsp3) is 0.500. The normalized spacial score (nSPS) is 21.6. The SMILES string of the molecule is CN(CC1CC(O)C1)C(=O)Nc1cccc(C(F)(F)F)c1. The lowest BCUT2D eigenvalue weighted by atomic mass is 9.82. The van der Waals surface area contributed by atoms with E-state index in [-0.39, 0.29) is 17.7 Å². The summed E-state index contributed by atoms with van der Waals surface area (Å²) >= 11 is 0. The molecule has 1 aromatic rings. The number of aliphatic hydroxyl groups is 1. The van der Waals surface area contributed by atoms with E-state index in [4.69, 9.17) is 0 Å². The van der Waals surface area contributed by atoms with Gasteiger partial charge < -0.3 is 15.3 Å². The molecule has 0 radical (unpaired) electrons. The van der Waals surface area contributed by atoms with E-state index in [1.54, 1.807) is 7.05 Å². The smallest absolute Gasteiger partial charge is 0.393 e. The molecule has 21 heavy (non-hydrogen) atoms. The molecule has 4 nitrogen and oxygen atoms in total. The molecule has 2 rings (SSSR count). The van der Waals surface area contributed by atoms with Crippen molar-refractivity contribution >= 4 is 11.7 Å². The van der Waals surface area contributed by atoms with Crippen molar-refractivity contribution in [1.82, 2.24) is 4.90 Å². The number of hydrogen-bond donors (Lipinski definition) is 2. The van der Waals surface area contributed by atoms with Gasteiger partial charge in [0.05, 0.1) is 11.7 Å². The Kier molecular flexibility index (Phi) is 4.41. The third kappa shape index (κ3) is 4.10. The van der Waals surface area contributed by atoms with Crippen LogP contribution in [-0.2, 0) is 6.18 Å². The molecular weight excluding hydrogens is 285 g/mol. The predicted molar refractivity (Wildman–Crippen MR) is 71.8 cm³/mol.